The summed E-state index contributed by atoms with van der Waals surface area (Å²) in [6.07, 6.45) is 0. The number of hydrogen-bond acceptors (Lipinski definition) is 3. The Kier molecular flexibility index (Phi) is 5.63. The van der Waals surface area contributed by atoms with Crippen LogP contribution in [0.4, 0.5) is 17.1 Å². The molecule has 5 heterocycles. The van der Waals surface area contributed by atoms with E-state index in [4.69, 9.17) is 4.42 Å². The third-order valence-electron chi connectivity index (χ3n) is 11.5. The lowest BCUT2D eigenvalue weighted by Crippen LogP contribution is -2.60. The van der Waals surface area contributed by atoms with E-state index in [9.17, 15) is 0 Å². The van der Waals surface area contributed by atoms with Crippen molar-refractivity contribution in [2.45, 2.75) is 52.4 Å². The number of thiophene rings is 1. The highest BCUT2D eigenvalue weighted by molar-refractivity contribution is 7.26. The quantitative estimate of drug-likeness (QED) is 0.161. The van der Waals surface area contributed by atoms with Crippen molar-refractivity contribution in [1.82, 2.24) is 4.57 Å². The molecule has 0 fully saturated rings. The Labute approximate surface area is 301 Å². The summed E-state index contributed by atoms with van der Waals surface area (Å²) in [7, 11) is 0. The van der Waals surface area contributed by atoms with Crippen molar-refractivity contribution in [2.24, 2.45) is 0 Å². The van der Waals surface area contributed by atoms with Gasteiger partial charge in [0.05, 0.1) is 26.8 Å². The lowest BCUT2D eigenvalue weighted by molar-refractivity contribution is 0.590. The molecule has 2 aliphatic rings. The van der Waals surface area contributed by atoms with Crippen molar-refractivity contribution in [2.75, 3.05) is 4.90 Å². The van der Waals surface area contributed by atoms with E-state index in [1.807, 2.05) is 11.3 Å². The molecule has 0 atom stereocenters. The van der Waals surface area contributed by atoms with E-state index < -0.39 is 0 Å². The van der Waals surface area contributed by atoms with Crippen molar-refractivity contribution < 1.29 is 4.42 Å². The summed E-state index contributed by atoms with van der Waals surface area (Å²) >= 11 is 1.93. The SMILES string of the molecule is CC(C)(C)c1ccc2c(c1)N(c1cccc3oc4ccccc4c13)c1cc(C(C)(C)C)cc3c1B2c1cccc2c4sc5ccccc5c4n-3c12. The van der Waals surface area contributed by atoms with Crippen LogP contribution in [0, 0.1) is 0 Å². The minimum absolute atomic E-state index is 0.0135. The monoisotopic (exact) mass is 676 g/mol. The number of nitrogens with zero attached hydrogens (tertiary/aromatic N) is 2. The van der Waals surface area contributed by atoms with Gasteiger partial charge in [0.1, 0.15) is 11.2 Å². The van der Waals surface area contributed by atoms with Crippen LogP contribution in [0.2, 0.25) is 0 Å². The third kappa shape index (κ3) is 3.85. The number of benzene rings is 6. The fourth-order valence-electron chi connectivity index (χ4n) is 9.00. The minimum atomic E-state index is -0.0758. The maximum absolute atomic E-state index is 6.52. The zero-order chi connectivity index (χ0) is 34.6. The van der Waals surface area contributed by atoms with E-state index in [0.717, 1.165) is 27.6 Å². The van der Waals surface area contributed by atoms with Gasteiger partial charge in [0.25, 0.3) is 6.71 Å². The number of rotatable bonds is 1. The van der Waals surface area contributed by atoms with Crippen LogP contribution in [0.3, 0.4) is 0 Å². The molecule has 0 spiro atoms. The molecule has 3 nitrogen and oxygen atoms in total. The Hall–Kier alpha value is -5.26. The Morgan fingerprint density at radius 1 is 0.549 bits per heavy atom. The van der Waals surface area contributed by atoms with Crippen molar-refractivity contribution in [3.05, 3.63) is 126 Å². The normalized spacial score (nSPS) is 14.0. The molecule has 3 aromatic heterocycles. The molecule has 0 amide bonds. The van der Waals surface area contributed by atoms with Gasteiger partial charge in [-0.2, -0.15) is 0 Å². The summed E-state index contributed by atoms with van der Waals surface area (Å²) in [6.45, 7) is 14.1. The van der Waals surface area contributed by atoms with Gasteiger partial charge in [0.2, 0.25) is 0 Å². The van der Waals surface area contributed by atoms with Crippen LogP contribution in [0.1, 0.15) is 52.7 Å². The van der Waals surface area contributed by atoms with Crippen LogP contribution >= 0.6 is 11.3 Å². The van der Waals surface area contributed by atoms with Crippen molar-refractivity contribution in [3.8, 4) is 5.69 Å². The maximum Gasteiger partial charge on any atom is 0.252 e. The highest BCUT2D eigenvalue weighted by Gasteiger charge is 2.44. The van der Waals surface area contributed by atoms with Crippen LogP contribution in [0.25, 0.3) is 58.8 Å². The summed E-state index contributed by atoms with van der Waals surface area (Å²) < 4.78 is 11.9. The standard InChI is InChI=1S/C46H37BN2OS/c1-45(2,3)26-21-22-31-34(23-26)48(33-17-12-19-38-40(33)28-13-7-9-18-37(28)50-38)35-24-27(46(4,5)6)25-36-41(35)47(31)32-16-11-15-30-42(32)49(36)43-29-14-8-10-20-39(29)51-44(30)43/h7-25H,1-6H3. The number of anilines is 3. The molecule has 0 saturated heterocycles. The van der Waals surface area contributed by atoms with E-state index in [2.05, 4.69) is 166 Å². The Balaban J connectivity index is 1.35. The smallest absolute Gasteiger partial charge is 0.252 e. The highest BCUT2D eigenvalue weighted by Crippen LogP contribution is 2.49. The number of fused-ring (bicyclic) bond motifs is 12. The largest absolute Gasteiger partial charge is 0.456 e. The lowest BCUT2D eigenvalue weighted by Gasteiger charge is -2.42. The number of aromatic nitrogens is 1. The minimum Gasteiger partial charge on any atom is -0.456 e. The molecule has 11 rings (SSSR count). The molecule has 51 heavy (non-hydrogen) atoms. The third-order valence-corrected chi connectivity index (χ3v) is 12.7. The second-order valence-corrected chi connectivity index (χ2v) is 17.6. The predicted octanol–water partition coefficient (Wildman–Crippen LogP) is 11.1. The summed E-state index contributed by atoms with van der Waals surface area (Å²) in [4.78, 5) is 2.58. The van der Waals surface area contributed by atoms with Crippen molar-refractivity contribution in [3.63, 3.8) is 0 Å². The van der Waals surface area contributed by atoms with Crippen LogP contribution in [0.15, 0.2) is 120 Å². The molecule has 0 bridgehead atoms. The Morgan fingerprint density at radius 3 is 2.06 bits per heavy atom. The van der Waals surface area contributed by atoms with Gasteiger partial charge in [-0.1, -0.05) is 114 Å². The average molecular weight is 677 g/mol. The van der Waals surface area contributed by atoms with Gasteiger partial charge in [0, 0.05) is 37.9 Å². The highest BCUT2D eigenvalue weighted by atomic mass is 32.1. The van der Waals surface area contributed by atoms with Crippen molar-refractivity contribution in [1.29, 1.82) is 0 Å². The molecule has 5 heteroatoms. The second-order valence-electron chi connectivity index (χ2n) is 16.6. The summed E-state index contributed by atoms with van der Waals surface area (Å²) in [6, 6.07) is 43.3. The van der Waals surface area contributed by atoms with Gasteiger partial charge in [-0.05, 0) is 80.8 Å². The van der Waals surface area contributed by atoms with Crippen LogP contribution < -0.4 is 21.3 Å². The molecule has 0 unspecified atom stereocenters. The predicted molar refractivity (Wildman–Crippen MR) is 220 cm³/mol. The zero-order valence-electron chi connectivity index (χ0n) is 29.8. The molecule has 0 aliphatic carbocycles. The molecule has 6 aromatic carbocycles. The first-order valence-electron chi connectivity index (χ1n) is 18.1. The molecule has 246 valence electrons. The fourth-order valence-corrected chi connectivity index (χ4v) is 10.2. The van der Waals surface area contributed by atoms with Gasteiger partial charge >= 0.3 is 0 Å². The molecular formula is C46H37BN2OS. The molecule has 9 aromatic rings. The van der Waals surface area contributed by atoms with E-state index in [0.29, 0.717) is 0 Å². The summed E-state index contributed by atoms with van der Waals surface area (Å²) in [5.41, 5.74) is 16.1. The summed E-state index contributed by atoms with van der Waals surface area (Å²) in [5.74, 6) is 0. The molecular weight excluding hydrogens is 639 g/mol. The zero-order valence-corrected chi connectivity index (χ0v) is 30.6. The topological polar surface area (TPSA) is 21.3 Å². The Morgan fingerprint density at radius 2 is 1.24 bits per heavy atom. The first-order valence-corrected chi connectivity index (χ1v) is 18.9. The van der Waals surface area contributed by atoms with Gasteiger partial charge in [-0.3, -0.25) is 0 Å². The van der Waals surface area contributed by atoms with Gasteiger partial charge in [-0.25, -0.2) is 0 Å². The van der Waals surface area contributed by atoms with E-state index in [1.54, 1.807) is 0 Å². The average Bonchev–Trinajstić information content (AvgIpc) is 3.78. The van der Waals surface area contributed by atoms with E-state index in [1.165, 1.54) is 75.8 Å². The second kappa shape index (κ2) is 9.74. The molecule has 2 aliphatic heterocycles. The van der Waals surface area contributed by atoms with Gasteiger partial charge in [-0.15, -0.1) is 11.3 Å². The Bertz CT molecular complexity index is 2960. The molecule has 0 radical (unpaired) electrons. The number of hydrogen-bond donors (Lipinski definition) is 0. The number of furan rings is 1. The van der Waals surface area contributed by atoms with Gasteiger partial charge in [0.15, 0.2) is 0 Å². The number of para-hydroxylation sites is 2. The van der Waals surface area contributed by atoms with E-state index in [-0.39, 0.29) is 17.5 Å². The fraction of sp³-hybridized carbons (Fsp3) is 0.174. The van der Waals surface area contributed by atoms with Crippen LogP contribution in [-0.4, -0.2) is 11.3 Å². The van der Waals surface area contributed by atoms with Crippen LogP contribution in [0.5, 0.6) is 0 Å². The maximum atomic E-state index is 6.52. The summed E-state index contributed by atoms with van der Waals surface area (Å²) in [5, 5.41) is 4.97. The molecule has 0 N–H and O–H groups in total. The van der Waals surface area contributed by atoms with Gasteiger partial charge < -0.3 is 13.9 Å². The molecule has 0 saturated carbocycles. The van der Waals surface area contributed by atoms with E-state index >= 15 is 0 Å². The first-order chi connectivity index (χ1) is 24.6. The lowest BCUT2D eigenvalue weighted by atomic mass is 9.33. The first kappa shape index (κ1) is 29.5. The van der Waals surface area contributed by atoms with Crippen molar-refractivity contribution >= 4 is 105 Å². The van der Waals surface area contributed by atoms with Crippen LogP contribution in [-0.2, 0) is 10.8 Å².